The van der Waals surface area contributed by atoms with Crippen molar-refractivity contribution in [1.82, 2.24) is 0 Å². The first-order chi connectivity index (χ1) is 13.1. The van der Waals surface area contributed by atoms with Crippen molar-refractivity contribution in [1.29, 1.82) is 0 Å². The van der Waals surface area contributed by atoms with Crippen molar-refractivity contribution in [2.75, 3.05) is 0 Å². The summed E-state index contributed by atoms with van der Waals surface area (Å²) in [5.41, 5.74) is 1.71. The van der Waals surface area contributed by atoms with Gasteiger partial charge in [-0.2, -0.15) is 0 Å². The fraction of sp³-hybridized carbons (Fsp3) is 0.217. The molecule has 0 aliphatic carbocycles. The summed E-state index contributed by atoms with van der Waals surface area (Å²) in [7, 11) is 0. The van der Waals surface area contributed by atoms with Crippen LogP contribution in [0.4, 0.5) is 0 Å². The third-order valence-electron chi connectivity index (χ3n) is 5.05. The van der Waals surface area contributed by atoms with Gasteiger partial charge in [0.2, 0.25) is 11.6 Å². The maximum absolute atomic E-state index is 10.9. The fourth-order valence-corrected chi connectivity index (χ4v) is 3.53. The highest BCUT2D eigenvalue weighted by Gasteiger charge is 2.39. The lowest BCUT2D eigenvalue weighted by Gasteiger charge is -2.30. The summed E-state index contributed by atoms with van der Waals surface area (Å²) in [6, 6.07) is 16.2. The molecule has 3 rings (SSSR count). The number of hydrogen-bond acceptors (Lipinski definition) is 5. The molecule has 3 aromatic carbocycles. The molecule has 0 atom stereocenters. The minimum atomic E-state index is -2.52. The van der Waals surface area contributed by atoms with E-state index >= 15 is 0 Å². The Morgan fingerprint density at radius 2 is 0.929 bits per heavy atom. The SMILES string of the molecule is Cc1cc(C(O)(O)c2ccccc2C)c(O)c(C(O)(O)c2ccccc2C)c1. The van der Waals surface area contributed by atoms with Crippen LogP contribution in [0.15, 0.2) is 60.7 Å². The average Bonchev–Trinajstić information content (AvgIpc) is 2.63. The fourth-order valence-electron chi connectivity index (χ4n) is 3.53. The standard InChI is InChI=1S/C23H24O5/c1-14-12-19(22(25,26)17-10-6-4-8-15(17)2)21(24)20(13-14)23(27,28)18-11-7-5-9-16(18)3/h4-13,24-28H,1-3H3. The predicted molar refractivity (Wildman–Crippen MR) is 106 cm³/mol. The van der Waals surface area contributed by atoms with Gasteiger partial charge in [-0.25, -0.2) is 0 Å². The molecular formula is C23H24O5. The van der Waals surface area contributed by atoms with Crippen molar-refractivity contribution in [3.63, 3.8) is 0 Å². The molecule has 5 heteroatoms. The lowest BCUT2D eigenvalue weighted by Crippen LogP contribution is -2.31. The Hall–Kier alpha value is -2.70. The van der Waals surface area contributed by atoms with Gasteiger partial charge in [-0.05, 0) is 49.6 Å². The van der Waals surface area contributed by atoms with Crippen molar-refractivity contribution in [2.24, 2.45) is 0 Å². The van der Waals surface area contributed by atoms with Gasteiger partial charge in [-0.1, -0.05) is 48.5 Å². The van der Waals surface area contributed by atoms with Crippen molar-refractivity contribution < 1.29 is 25.5 Å². The molecule has 3 aromatic rings. The van der Waals surface area contributed by atoms with Gasteiger partial charge in [0.1, 0.15) is 5.75 Å². The number of aryl methyl sites for hydroxylation is 3. The van der Waals surface area contributed by atoms with E-state index in [4.69, 9.17) is 0 Å². The van der Waals surface area contributed by atoms with E-state index in [-0.39, 0.29) is 22.3 Å². The van der Waals surface area contributed by atoms with Crippen molar-refractivity contribution in [3.05, 3.63) is 99.6 Å². The summed E-state index contributed by atoms with van der Waals surface area (Å²) in [6.45, 7) is 5.12. The average molecular weight is 380 g/mol. The minimum Gasteiger partial charge on any atom is -0.507 e. The number of aromatic hydroxyl groups is 1. The number of benzene rings is 3. The van der Waals surface area contributed by atoms with Crippen molar-refractivity contribution >= 4 is 0 Å². The highest BCUT2D eigenvalue weighted by Crippen LogP contribution is 2.42. The zero-order valence-corrected chi connectivity index (χ0v) is 16.0. The topological polar surface area (TPSA) is 101 Å². The minimum absolute atomic E-state index is 0.194. The van der Waals surface area contributed by atoms with Gasteiger partial charge in [0.05, 0.1) is 11.1 Å². The van der Waals surface area contributed by atoms with Gasteiger partial charge >= 0.3 is 0 Å². The third kappa shape index (κ3) is 3.30. The Morgan fingerprint density at radius 3 is 1.29 bits per heavy atom. The summed E-state index contributed by atoms with van der Waals surface area (Å²) >= 11 is 0. The largest absolute Gasteiger partial charge is 0.507 e. The molecular weight excluding hydrogens is 356 g/mol. The van der Waals surface area contributed by atoms with E-state index in [1.54, 1.807) is 69.3 Å². The summed E-state index contributed by atoms with van der Waals surface area (Å²) in [5, 5.41) is 54.4. The monoisotopic (exact) mass is 380 g/mol. The van der Waals surface area contributed by atoms with Gasteiger partial charge in [-0.3, -0.25) is 0 Å². The Labute approximate surface area is 163 Å². The van der Waals surface area contributed by atoms with E-state index in [9.17, 15) is 25.5 Å². The molecule has 0 amide bonds. The molecule has 0 radical (unpaired) electrons. The molecule has 0 spiro atoms. The van der Waals surface area contributed by atoms with Gasteiger partial charge < -0.3 is 25.5 Å². The van der Waals surface area contributed by atoms with E-state index in [2.05, 4.69) is 0 Å². The third-order valence-corrected chi connectivity index (χ3v) is 5.05. The number of phenols is 1. The molecule has 5 nitrogen and oxygen atoms in total. The predicted octanol–water partition coefficient (Wildman–Crippen LogP) is 2.69. The second kappa shape index (κ2) is 7.04. The van der Waals surface area contributed by atoms with Crippen LogP contribution in [0.2, 0.25) is 0 Å². The van der Waals surface area contributed by atoms with E-state index in [0.717, 1.165) is 0 Å². The second-order valence-electron chi connectivity index (χ2n) is 7.18. The van der Waals surface area contributed by atoms with Crippen LogP contribution in [0.25, 0.3) is 0 Å². The first-order valence-corrected chi connectivity index (χ1v) is 8.93. The summed E-state index contributed by atoms with van der Waals surface area (Å²) in [6.07, 6.45) is 0. The van der Waals surface area contributed by atoms with Crippen LogP contribution in [0.1, 0.15) is 38.9 Å². The van der Waals surface area contributed by atoms with E-state index in [1.807, 2.05) is 0 Å². The quantitative estimate of drug-likeness (QED) is 0.448. The number of aliphatic hydroxyl groups is 4. The molecule has 28 heavy (non-hydrogen) atoms. The highest BCUT2D eigenvalue weighted by molar-refractivity contribution is 5.54. The van der Waals surface area contributed by atoms with Crippen molar-refractivity contribution in [3.8, 4) is 5.75 Å². The van der Waals surface area contributed by atoms with Crippen LogP contribution >= 0.6 is 0 Å². The van der Waals surface area contributed by atoms with E-state index in [0.29, 0.717) is 16.7 Å². The zero-order valence-electron chi connectivity index (χ0n) is 16.0. The van der Waals surface area contributed by atoms with Gasteiger partial charge in [-0.15, -0.1) is 0 Å². The lowest BCUT2D eigenvalue weighted by atomic mass is 9.86. The Morgan fingerprint density at radius 1 is 0.571 bits per heavy atom. The highest BCUT2D eigenvalue weighted by atomic mass is 16.5. The summed E-state index contributed by atoms with van der Waals surface area (Å²) in [4.78, 5) is 0. The molecule has 146 valence electrons. The molecule has 5 N–H and O–H groups in total. The molecule has 0 bridgehead atoms. The number of hydrogen-bond donors (Lipinski definition) is 5. The van der Waals surface area contributed by atoms with Crippen LogP contribution < -0.4 is 0 Å². The van der Waals surface area contributed by atoms with Crippen LogP contribution in [0, 0.1) is 20.8 Å². The second-order valence-corrected chi connectivity index (χ2v) is 7.18. The van der Waals surface area contributed by atoms with Crippen LogP contribution in [0.5, 0.6) is 5.75 Å². The zero-order chi connectivity index (χ0) is 20.7. The molecule has 0 unspecified atom stereocenters. The van der Waals surface area contributed by atoms with Gasteiger partial charge in [0, 0.05) is 11.1 Å². The molecule has 0 aliphatic rings. The molecule has 0 aromatic heterocycles. The lowest BCUT2D eigenvalue weighted by molar-refractivity contribution is -0.139. The normalized spacial score (nSPS) is 12.2. The summed E-state index contributed by atoms with van der Waals surface area (Å²) in [5.74, 6) is -5.62. The van der Waals surface area contributed by atoms with Gasteiger partial charge in [0.15, 0.2) is 0 Å². The maximum Gasteiger partial charge on any atom is 0.221 e. The van der Waals surface area contributed by atoms with Crippen LogP contribution in [-0.4, -0.2) is 25.5 Å². The molecule has 0 saturated carbocycles. The van der Waals surface area contributed by atoms with E-state index in [1.165, 1.54) is 12.1 Å². The smallest absolute Gasteiger partial charge is 0.221 e. The molecule has 0 saturated heterocycles. The summed E-state index contributed by atoms with van der Waals surface area (Å²) < 4.78 is 0. The molecule has 0 fully saturated rings. The maximum atomic E-state index is 10.9. The van der Waals surface area contributed by atoms with Crippen molar-refractivity contribution in [2.45, 2.75) is 32.3 Å². The first kappa shape index (κ1) is 20.0. The molecule has 0 aliphatic heterocycles. The van der Waals surface area contributed by atoms with Gasteiger partial charge in [0.25, 0.3) is 0 Å². The molecule has 0 heterocycles. The Bertz CT molecular complexity index is 943. The number of rotatable bonds is 4. The van der Waals surface area contributed by atoms with Crippen LogP contribution in [0.3, 0.4) is 0 Å². The Kier molecular flexibility index (Phi) is 5.04. The van der Waals surface area contributed by atoms with Crippen LogP contribution in [-0.2, 0) is 11.6 Å². The number of phenolic OH excluding ortho intramolecular Hbond substituents is 1. The Balaban J connectivity index is 2.24. The first-order valence-electron chi connectivity index (χ1n) is 8.93. The van der Waals surface area contributed by atoms with E-state index < -0.39 is 17.3 Å².